The third kappa shape index (κ3) is 2.31. The van der Waals surface area contributed by atoms with Crippen LogP contribution in [0.25, 0.3) is 0 Å². The molecule has 0 saturated heterocycles. The Kier molecular flexibility index (Phi) is 3.06. The second-order valence-electron chi connectivity index (χ2n) is 3.61. The Morgan fingerprint density at radius 2 is 2.19 bits per heavy atom. The van der Waals surface area contributed by atoms with E-state index in [-0.39, 0.29) is 6.04 Å². The van der Waals surface area contributed by atoms with Crippen LogP contribution in [0.3, 0.4) is 0 Å². The normalized spacial score (nSPS) is 12.4. The van der Waals surface area contributed by atoms with E-state index in [0.29, 0.717) is 10.7 Å². The highest BCUT2D eigenvalue weighted by Crippen LogP contribution is 2.27. The van der Waals surface area contributed by atoms with E-state index in [1.54, 1.807) is 24.5 Å². The molecule has 1 atom stereocenters. The van der Waals surface area contributed by atoms with E-state index in [9.17, 15) is 0 Å². The van der Waals surface area contributed by atoms with Gasteiger partial charge < -0.3 is 15.5 Å². The van der Waals surface area contributed by atoms with Crippen molar-refractivity contribution in [2.45, 2.75) is 13.0 Å². The van der Waals surface area contributed by atoms with Crippen molar-refractivity contribution in [3.63, 3.8) is 0 Å². The summed E-state index contributed by atoms with van der Waals surface area (Å²) in [6.45, 7) is 2.00. The van der Waals surface area contributed by atoms with E-state index in [0.717, 1.165) is 11.4 Å². The highest BCUT2D eigenvalue weighted by atomic mass is 35.5. The van der Waals surface area contributed by atoms with Gasteiger partial charge in [0.2, 0.25) is 0 Å². The first-order valence-corrected chi connectivity index (χ1v) is 5.39. The Hall–Kier alpha value is -1.61. The number of furan rings is 1. The highest BCUT2D eigenvalue weighted by Gasteiger charge is 2.09. The smallest absolute Gasteiger partial charge is 0.125 e. The van der Waals surface area contributed by atoms with Crippen LogP contribution in [-0.2, 0) is 0 Å². The minimum absolute atomic E-state index is 0.0516. The number of benzene rings is 1. The number of nitrogens with one attached hydrogen (secondary N) is 1. The summed E-state index contributed by atoms with van der Waals surface area (Å²) in [6, 6.07) is 9.17. The molecule has 2 rings (SSSR count). The van der Waals surface area contributed by atoms with Gasteiger partial charge in [0.25, 0.3) is 0 Å². The maximum absolute atomic E-state index is 5.91. The third-order valence-electron chi connectivity index (χ3n) is 2.36. The lowest BCUT2D eigenvalue weighted by molar-refractivity contribution is 0.490. The monoisotopic (exact) mass is 236 g/mol. The molecule has 1 unspecified atom stereocenters. The molecular weight excluding hydrogens is 224 g/mol. The number of anilines is 2. The predicted octanol–water partition coefficient (Wildman–Crippen LogP) is 3.69. The van der Waals surface area contributed by atoms with Crippen molar-refractivity contribution in [3.05, 3.63) is 47.4 Å². The van der Waals surface area contributed by atoms with Crippen LogP contribution in [-0.4, -0.2) is 0 Å². The lowest BCUT2D eigenvalue weighted by Crippen LogP contribution is -2.07. The molecule has 0 fully saturated rings. The molecular formula is C12H13ClN2O. The van der Waals surface area contributed by atoms with E-state index in [1.165, 1.54) is 0 Å². The molecule has 0 saturated carbocycles. The van der Waals surface area contributed by atoms with Crippen molar-refractivity contribution >= 4 is 23.0 Å². The summed E-state index contributed by atoms with van der Waals surface area (Å²) < 4.78 is 5.30. The maximum atomic E-state index is 5.91. The third-order valence-corrected chi connectivity index (χ3v) is 2.59. The molecule has 0 aliphatic carbocycles. The van der Waals surface area contributed by atoms with Gasteiger partial charge >= 0.3 is 0 Å². The molecule has 3 nitrogen and oxygen atoms in total. The molecule has 0 radical (unpaired) electrons. The van der Waals surface area contributed by atoms with Gasteiger partial charge in [-0.05, 0) is 37.3 Å². The van der Waals surface area contributed by atoms with Crippen LogP contribution in [0.5, 0.6) is 0 Å². The van der Waals surface area contributed by atoms with Crippen molar-refractivity contribution in [2.75, 3.05) is 11.1 Å². The lowest BCUT2D eigenvalue weighted by atomic mass is 10.2. The molecule has 0 amide bonds. The fraction of sp³-hybridized carbons (Fsp3) is 0.167. The molecule has 84 valence electrons. The molecule has 1 aromatic heterocycles. The number of rotatable bonds is 3. The van der Waals surface area contributed by atoms with Gasteiger partial charge in [-0.25, -0.2) is 0 Å². The van der Waals surface area contributed by atoms with Gasteiger partial charge in [-0.1, -0.05) is 11.6 Å². The number of halogens is 1. The first-order valence-electron chi connectivity index (χ1n) is 5.02. The van der Waals surface area contributed by atoms with E-state index in [2.05, 4.69) is 5.32 Å². The Balaban J connectivity index is 2.17. The molecule has 0 aliphatic rings. The molecule has 0 spiro atoms. The lowest BCUT2D eigenvalue weighted by Gasteiger charge is -2.14. The predicted molar refractivity (Wildman–Crippen MR) is 66.6 cm³/mol. The minimum atomic E-state index is 0.0516. The Morgan fingerprint density at radius 3 is 2.88 bits per heavy atom. The number of hydrogen-bond acceptors (Lipinski definition) is 3. The van der Waals surface area contributed by atoms with Crippen LogP contribution in [0.15, 0.2) is 41.0 Å². The quantitative estimate of drug-likeness (QED) is 0.800. The molecule has 0 aliphatic heterocycles. The summed E-state index contributed by atoms with van der Waals surface area (Å²) >= 11 is 5.91. The highest BCUT2D eigenvalue weighted by molar-refractivity contribution is 6.31. The summed E-state index contributed by atoms with van der Waals surface area (Å²) in [5.41, 5.74) is 7.32. The topological polar surface area (TPSA) is 51.2 Å². The molecule has 1 aromatic carbocycles. The average Bonchev–Trinajstić information content (AvgIpc) is 2.76. The Morgan fingerprint density at radius 1 is 1.38 bits per heavy atom. The number of nitrogens with two attached hydrogens (primary N) is 1. The van der Waals surface area contributed by atoms with E-state index < -0.39 is 0 Å². The van der Waals surface area contributed by atoms with Crippen LogP contribution >= 0.6 is 11.6 Å². The standard InChI is InChI=1S/C12H13ClN2O/c1-8(12-3-2-6-16-12)15-11-7-9(13)4-5-10(11)14/h2-8,15H,14H2,1H3. The van der Waals surface area contributed by atoms with Gasteiger partial charge in [-0.2, -0.15) is 0 Å². The fourth-order valence-electron chi connectivity index (χ4n) is 1.50. The summed E-state index contributed by atoms with van der Waals surface area (Å²) in [6.07, 6.45) is 1.65. The minimum Gasteiger partial charge on any atom is -0.467 e. The van der Waals surface area contributed by atoms with Crippen LogP contribution in [0.4, 0.5) is 11.4 Å². The van der Waals surface area contributed by atoms with Crippen LogP contribution in [0.2, 0.25) is 5.02 Å². The summed E-state index contributed by atoms with van der Waals surface area (Å²) in [5.74, 6) is 0.861. The molecule has 0 bridgehead atoms. The van der Waals surface area contributed by atoms with Crippen molar-refractivity contribution in [1.82, 2.24) is 0 Å². The van der Waals surface area contributed by atoms with Gasteiger partial charge in [0, 0.05) is 5.02 Å². The number of hydrogen-bond donors (Lipinski definition) is 2. The zero-order chi connectivity index (χ0) is 11.5. The Labute approximate surface area is 99.2 Å². The average molecular weight is 237 g/mol. The molecule has 2 aromatic rings. The molecule has 3 N–H and O–H groups in total. The summed E-state index contributed by atoms with van der Waals surface area (Å²) in [5, 5.41) is 3.91. The van der Waals surface area contributed by atoms with E-state index in [4.69, 9.17) is 21.8 Å². The largest absolute Gasteiger partial charge is 0.467 e. The van der Waals surface area contributed by atoms with Crippen LogP contribution < -0.4 is 11.1 Å². The van der Waals surface area contributed by atoms with Crippen molar-refractivity contribution in [2.24, 2.45) is 0 Å². The fourth-order valence-corrected chi connectivity index (χ4v) is 1.67. The van der Waals surface area contributed by atoms with Gasteiger partial charge in [-0.3, -0.25) is 0 Å². The Bertz CT molecular complexity index is 468. The maximum Gasteiger partial charge on any atom is 0.125 e. The molecule has 16 heavy (non-hydrogen) atoms. The zero-order valence-corrected chi connectivity index (χ0v) is 9.66. The van der Waals surface area contributed by atoms with Crippen molar-refractivity contribution in [3.8, 4) is 0 Å². The van der Waals surface area contributed by atoms with Gasteiger partial charge in [-0.15, -0.1) is 0 Å². The zero-order valence-electron chi connectivity index (χ0n) is 8.91. The molecule has 4 heteroatoms. The van der Waals surface area contributed by atoms with Crippen LogP contribution in [0, 0.1) is 0 Å². The van der Waals surface area contributed by atoms with Crippen LogP contribution in [0.1, 0.15) is 18.7 Å². The second-order valence-corrected chi connectivity index (χ2v) is 4.05. The van der Waals surface area contributed by atoms with Gasteiger partial charge in [0.1, 0.15) is 5.76 Å². The summed E-state index contributed by atoms with van der Waals surface area (Å²) in [7, 11) is 0. The molecule has 1 heterocycles. The summed E-state index contributed by atoms with van der Waals surface area (Å²) in [4.78, 5) is 0. The van der Waals surface area contributed by atoms with Gasteiger partial charge in [0.15, 0.2) is 0 Å². The first kappa shape index (κ1) is 10.9. The second kappa shape index (κ2) is 4.49. The van der Waals surface area contributed by atoms with Gasteiger partial charge in [0.05, 0.1) is 23.7 Å². The van der Waals surface area contributed by atoms with Crippen molar-refractivity contribution < 1.29 is 4.42 Å². The van der Waals surface area contributed by atoms with E-state index >= 15 is 0 Å². The van der Waals surface area contributed by atoms with Crippen molar-refractivity contribution in [1.29, 1.82) is 0 Å². The SMILES string of the molecule is CC(Nc1cc(Cl)ccc1N)c1ccco1. The number of nitrogen functional groups attached to an aromatic ring is 1. The van der Waals surface area contributed by atoms with E-state index in [1.807, 2.05) is 19.1 Å². The first-order chi connectivity index (χ1) is 7.66.